The van der Waals surface area contributed by atoms with Crippen LogP contribution in [0, 0.1) is 5.92 Å². The van der Waals surface area contributed by atoms with Crippen LogP contribution in [0.1, 0.15) is 29.5 Å². The first kappa shape index (κ1) is 17.1. The molecular weight excluding hydrogens is 328 g/mol. The monoisotopic (exact) mass is 354 g/mol. The van der Waals surface area contributed by atoms with Crippen molar-refractivity contribution >= 4 is 11.6 Å². The van der Waals surface area contributed by atoms with Crippen molar-refractivity contribution in [1.29, 1.82) is 0 Å². The summed E-state index contributed by atoms with van der Waals surface area (Å²) in [5.74, 6) is 0.848. The van der Waals surface area contributed by atoms with E-state index in [-0.39, 0.29) is 0 Å². The van der Waals surface area contributed by atoms with E-state index in [1.54, 1.807) is 5.56 Å². The molecule has 3 heteroatoms. The molecule has 2 heterocycles. The van der Waals surface area contributed by atoms with Gasteiger partial charge in [0, 0.05) is 31.2 Å². The van der Waals surface area contributed by atoms with Gasteiger partial charge in [-0.3, -0.25) is 9.80 Å². The average Bonchev–Trinajstić information content (AvgIpc) is 2.63. The largest absolute Gasteiger partial charge is 0.299 e. The molecule has 0 bridgehead atoms. The van der Waals surface area contributed by atoms with E-state index in [0.717, 1.165) is 24.0 Å². The van der Waals surface area contributed by atoms with Crippen molar-refractivity contribution in [2.24, 2.45) is 5.92 Å². The maximum absolute atomic E-state index is 6.11. The summed E-state index contributed by atoms with van der Waals surface area (Å²) in [6.07, 6.45) is 3.85. The first-order valence-corrected chi connectivity index (χ1v) is 9.90. The van der Waals surface area contributed by atoms with Gasteiger partial charge in [-0.25, -0.2) is 0 Å². The number of rotatable bonds is 4. The molecule has 1 saturated heterocycles. The van der Waals surface area contributed by atoms with E-state index < -0.39 is 0 Å². The van der Waals surface area contributed by atoms with Crippen molar-refractivity contribution in [2.45, 2.75) is 32.4 Å². The van der Waals surface area contributed by atoms with E-state index in [9.17, 15) is 0 Å². The Balaban J connectivity index is 1.25. The third-order valence-electron chi connectivity index (χ3n) is 5.73. The van der Waals surface area contributed by atoms with Crippen LogP contribution in [0.15, 0.2) is 48.5 Å². The molecule has 0 atom stereocenters. The summed E-state index contributed by atoms with van der Waals surface area (Å²) in [6.45, 7) is 7.07. The first-order chi connectivity index (χ1) is 12.3. The second-order valence-electron chi connectivity index (χ2n) is 7.60. The molecule has 0 spiro atoms. The lowest BCUT2D eigenvalue weighted by molar-refractivity contribution is 0.132. The Hall–Kier alpha value is -1.35. The lowest BCUT2D eigenvalue weighted by Crippen LogP contribution is -2.40. The molecule has 0 saturated carbocycles. The van der Waals surface area contributed by atoms with Gasteiger partial charge < -0.3 is 0 Å². The number of benzene rings is 2. The number of fused-ring (bicyclic) bond motifs is 1. The number of nitrogens with zero attached hydrogens (tertiary/aromatic N) is 2. The van der Waals surface area contributed by atoms with Gasteiger partial charge in [0.1, 0.15) is 0 Å². The summed E-state index contributed by atoms with van der Waals surface area (Å²) in [5, 5.41) is 0.845. The molecule has 2 nitrogen and oxygen atoms in total. The van der Waals surface area contributed by atoms with Crippen LogP contribution in [0.25, 0.3) is 0 Å². The van der Waals surface area contributed by atoms with Gasteiger partial charge in [-0.1, -0.05) is 48.0 Å². The highest BCUT2D eigenvalue weighted by Crippen LogP contribution is 2.24. The molecule has 2 aliphatic heterocycles. The highest BCUT2D eigenvalue weighted by Gasteiger charge is 2.23. The van der Waals surface area contributed by atoms with Crippen molar-refractivity contribution in [3.63, 3.8) is 0 Å². The predicted octanol–water partition coefficient (Wildman–Crippen LogP) is 4.61. The molecule has 0 N–H and O–H groups in total. The van der Waals surface area contributed by atoms with Crippen LogP contribution in [-0.4, -0.2) is 36.0 Å². The Morgan fingerprint density at radius 2 is 1.68 bits per heavy atom. The second kappa shape index (κ2) is 7.90. The lowest BCUT2D eigenvalue weighted by Gasteiger charge is -2.36. The summed E-state index contributed by atoms with van der Waals surface area (Å²) in [4.78, 5) is 5.24. The van der Waals surface area contributed by atoms with Crippen molar-refractivity contribution in [1.82, 2.24) is 9.80 Å². The Bertz CT molecular complexity index is 707. The number of halogens is 1. The molecule has 2 aromatic rings. The Kier molecular flexibility index (Phi) is 5.40. The maximum atomic E-state index is 6.11. The van der Waals surface area contributed by atoms with Crippen molar-refractivity contribution in [3.05, 3.63) is 70.2 Å². The Morgan fingerprint density at radius 1 is 0.880 bits per heavy atom. The van der Waals surface area contributed by atoms with Crippen LogP contribution in [0.3, 0.4) is 0 Å². The third-order valence-corrected chi connectivity index (χ3v) is 5.96. The molecule has 2 aliphatic rings. The summed E-state index contributed by atoms with van der Waals surface area (Å²) in [6, 6.07) is 17.2. The smallest absolute Gasteiger partial charge is 0.0409 e. The number of likely N-dealkylation sites (tertiary alicyclic amines) is 1. The molecule has 25 heavy (non-hydrogen) atoms. The Morgan fingerprint density at radius 3 is 2.48 bits per heavy atom. The third kappa shape index (κ3) is 4.44. The molecule has 132 valence electrons. The highest BCUT2D eigenvalue weighted by atomic mass is 35.5. The van der Waals surface area contributed by atoms with Gasteiger partial charge in [-0.2, -0.15) is 0 Å². The molecule has 0 amide bonds. The van der Waals surface area contributed by atoms with Gasteiger partial charge in [-0.15, -0.1) is 0 Å². The average molecular weight is 355 g/mol. The fraction of sp³-hybridized carbons (Fsp3) is 0.455. The van der Waals surface area contributed by atoms with Gasteiger partial charge in [-0.05, 0) is 67.1 Å². The van der Waals surface area contributed by atoms with Crippen LogP contribution >= 0.6 is 11.6 Å². The minimum Gasteiger partial charge on any atom is -0.299 e. The van der Waals surface area contributed by atoms with Crippen LogP contribution in [0.4, 0.5) is 0 Å². The van der Waals surface area contributed by atoms with Gasteiger partial charge in [0.2, 0.25) is 0 Å². The van der Waals surface area contributed by atoms with Crippen molar-refractivity contribution in [2.75, 3.05) is 26.2 Å². The van der Waals surface area contributed by atoms with Gasteiger partial charge in [0.05, 0.1) is 0 Å². The number of hydrogen-bond donors (Lipinski definition) is 0. The maximum Gasteiger partial charge on any atom is 0.0409 e. The molecule has 0 unspecified atom stereocenters. The van der Waals surface area contributed by atoms with Crippen LogP contribution in [0.5, 0.6) is 0 Å². The first-order valence-electron chi connectivity index (χ1n) is 9.52. The molecular formula is C22H27ClN2. The fourth-order valence-electron chi connectivity index (χ4n) is 4.30. The van der Waals surface area contributed by atoms with E-state index in [1.165, 1.54) is 56.6 Å². The molecule has 0 aromatic heterocycles. The summed E-state index contributed by atoms with van der Waals surface area (Å²) in [5.41, 5.74) is 4.42. The summed E-state index contributed by atoms with van der Waals surface area (Å²) >= 11 is 6.11. The number of piperidine rings is 1. The Labute approximate surface area is 156 Å². The SMILES string of the molecule is Clc1cccc(CN2CCC(CN3CCc4ccccc4C3)CC2)c1. The fourth-order valence-corrected chi connectivity index (χ4v) is 4.51. The topological polar surface area (TPSA) is 6.48 Å². The minimum atomic E-state index is 0.845. The second-order valence-corrected chi connectivity index (χ2v) is 8.04. The highest BCUT2D eigenvalue weighted by molar-refractivity contribution is 6.30. The minimum absolute atomic E-state index is 0.845. The van der Waals surface area contributed by atoms with E-state index in [1.807, 2.05) is 6.07 Å². The zero-order valence-corrected chi connectivity index (χ0v) is 15.6. The van der Waals surface area contributed by atoms with Crippen LogP contribution in [0.2, 0.25) is 5.02 Å². The van der Waals surface area contributed by atoms with E-state index >= 15 is 0 Å². The van der Waals surface area contributed by atoms with Crippen molar-refractivity contribution < 1.29 is 0 Å². The summed E-state index contributed by atoms with van der Waals surface area (Å²) < 4.78 is 0. The van der Waals surface area contributed by atoms with Gasteiger partial charge in [0.25, 0.3) is 0 Å². The van der Waals surface area contributed by atoms with Crippen LogP contribution < -0.4 is 0 Å². The standard InChI is InChI=1S/C22H27ClN2/c23-22-7-3-4-19(14-22)16-24-11-8-18(9-12-24)15-25-13-10-20-5-1-2-6-21(20)17-25/h1-7,14,18H,8-13,15-17H2. The summed E-state index contributed by atoms with van der Waals surface area (Å²) in [7, 11) is 0. The zero-order valence-electron chi connectivity index (χ0n) is 14.8. The molecule has 4 rings (SSSR count). The van der Waals surface area contributed by atoms with Crippen molar-refractivity contribution in [3.8, 4) is 0 Å². The van der Waals surface area contributed by atoms with E-state index in [0.29, 0.717) is 0 Å². The molecule has 1 fully saturated rings. The predicted molar refractivity (Wildman–Crippen MR) is 105 cm³/mol. The van der Waals surface area contributed by atoms with Gasteiger partial charge in [0.15, 0.2) is 0 Å². The molecule has 0 aliphatic carbocycles. The quantitative estimate of drug-likeness (QED) is 0.791. The zero-order chi connectivity index (χ0) is 17.1. The van der Waals surface area contributed by atoms with Gasteiger partial charge >= 0.3 is 0 Å². The van der Waals surface area contributed by atoms with E-state index in [4.69, 9.17) is 11.6 Å². The number of hydrogen-bond acceptors (Lipinski definition) is 2. The van der Waals surface area contributed by atoms with Crippen LogP contribution in [-0.2, 0) is 19.5 Å². The van der Waals surface area contributed by atoms with E-state index in [2.05, 4.69) is 52.3 Å². The lowest BCUT2D eigenvalue weighted by atomic mass is 9.93. The molecule has 2 aromatic carbocycles. The molecule has 0 radical (unpaired) electrons. The normalized spacial score (nSPS) is 19.7.